The second-order valence-electron chi connectivity index (χ2n) is 9.80. The molecule has 0 radical (unpaired) electrons. The minimum atomic E-state index is -0.958. The quantitative estimate of drug-likeness (QED) is 0.698. The third-order valence-corrected chi connectivity index (χ3v) is 7.61. The van der Waals surface area contributed by atoms with Crippen molar-refractivity contribution in [3.8, 4) is 0 Å². The van der Waals surface area contributed by atoms with Crippen molar-refractivity contribution in [2.45, 2.75) is 63.6 Å². The molecule has 3 heteroatoms. The van der Waals surface area contributed by atoms with Crippen molar-refractivity contribution in [3.63, 3.8) is 0 Å². The average Bonchev–Trinajstić information content (AvgIpc) is 2.79. The highest BCUT2D eigenvalue weighted by Gasteiger charge is 2.44. The van der Waals surface area contributed by atoms with Gasteiger partial charge in [-0.1, -0.05) is 67.6 Å². The molecule has 2 aliphatic heterocycles. The van der Waals surface area contributed by atoms with Gasteiger partial charge in [0.15, 0.2) is 0 Å². The van der Waals surface area contributed by atoms with Crippen LogP contribution >= 0.6 is 0 Å². The molecule has 162 valence electrons. The number of hydrogen-bond donors (Lipinski definition) is 1. The van der Waals surface area contributed by atoms with Crippen molar-refractivity contribution in [3.05, 3.63) is 71.8 Å². The number of aliphatic hydroxyl groups is 1. The van der Waals surface area contributed by atoms with Gasteiger partial charge in [-0.25, -0.2) is 0 Å². The fourth-order valence-electron chi connectivity index (χ4n) is 5.73. The Morgan fingerprint density at radius 3 is 2.23 bits per heavy atom. The number of likely N-dealkylation sites (tertiary alicyclic amines) is 1. The first kappa shape index (κ1) is 21.5. The van der Waals surface area contributed by atoms with Crippen LogP contribution in [0.4, 0.5) is 0 Å². The van der Waals surface area contributed by atoms with Crippen LogP contribution in [-0.4, -0.2) is 41.8 Å². The Morgan fingerprint density at radius 2 is 1.63 bits per heavy atom. The SMILES string of the molecule is CC[C@@]1(C)C[C@]2(CCCN(CCC(O)(c3ccccc3)c3ccccc3)C2)CCO1. The molecule has 0 amide bonds. The zero-order valence-corrected chi connectivity index (χ0v) is 18.6. The third-order valence-electron chi connectivity index (χ3n) is 7.61. The van der Waals surface area contributed by atoms with Crippen LogP contribution in [0.2, 0.25) is 0 Å². The van der Waals surface area contributed by atoms with Crippen molar-refractivity contribution in [1.82, 2.24) is 4.90 Å². The molecule has 2 aliphatic rings. The number of piperidine rings is 1. The van der Waals surface area contributed by atoms with Crippen molar-refractivity contribution >= 4 is 0 Å². The molecule has 1 N–H and O–H groups in total. The van der Waals surface area contributed by atoms with Crippen LogP contribution in [0.3, 0.4) is 0 Å². The molecule has 3 nitrogen and oxygen atoms in total. The molecule has 0 aromatic heterocycles. The summed E-state index contributed by atoms with van der Waals surface area (Å²) in [5.74, 6) is 0. The minimum absolute atomic E-state index is 0.0239. The fourth-order valence-corrected chi connectivity index (χ4v) is 5.73. The Kier molecular flexibility index (Phi) is 6.34. The summed E-state index contributed by atoms with van der Waals surface area (Å²) >= 11 is 0. The van der Waals surface area contributed by atoms with E-state index in [2.05, 4.69) is 43.0 Å². The Morgan fingerprint density at radius 1 is 1.00 bits per heavy atom. The van der Waals surface area contributed by atoms with E-state index in [9.17, 15) is 5.11 Å². The number of nitrogens with zero attached hydrogens (tertiary/aromatic N) is 1. The lowest BCUT2D eigenvalue weighted by atomic mass is 9.68. The summed E-state index contributed by atoms with van der Waals surface area (Å²) in [6, 6.07) is 20.3. The normalized spacial score (nSPS) is 28.0. The van der Waals surface area contributed by atoms with E-state index in [0.29, 0.717) is 11.8 Å². The van der Waals surface area contributed by atoms with E-state index >= 15 is 0 Å². The number of ether oxygens (including phenoxy) is 1. The number of rotatable bonds is 6. The molecule has 2 aromatic carbocycles. The van der Waals surface area contributed by atoms with Gasteiger partial charge in [0.05, 0.1) is 5.60 Å². The van der Waals surface area contributed by atoms with Crippen molar-refractivity contribution in [1.29, 1.82) is 0 Å². The van der Waals surface area contributed by atoms with E-state index in [0.717, 1.165) is 50.2 Å². The second-order valence-corrected chi connectivity index (χ2v) is 9.80. The van der Waals surface area contributed by atoms with Crippen LogP contribution < -0.4 is 0 Å². The highest BCUT2D eigenvalue weighted by molar-refractivity contribution is 5.35. The predicted molar refractivity (Wildman–Crippen MR) is 122 cm³/mol. The van der Waals surface area contributed by atoms with Crippen LogP contribution in [0.25, 0.3) is 0 Å². The first-order valence-corrected chi connectivity index (χ1v) is 11.7. The number of hydrogen-bond acceptors (Lipinski definition) is 3. The molecule has 4 rings (SSSR count). The van der Waals surface area contributed by atoms with Gasteiger partial charge in [0.25, 0.3) is 0 Å². The molecule has 2 atom stereocenters. The lowest BCUT2D eigenvalue weighted by Crippen LogP contribution is -2.52. The van der Waals surface area contributed by atoms with Crippen LogP contribution in [0, 0.1) is 5.41 Å². The molecular formula is C27H37NO2. The second kappa shape index (κ2) is 8.82. The van der Waals surface area contributed by atoms with E-state index in [1.165, 1.54) is 19.3 Å². The Balaban J connectivity index is 1.50. The highest BCUT2D eigenvalue weighted by Crippen LogP contribution is 2.46. The van der Waals surface area contributed by atoms with Gasteiger partial charge in [-0.2, -0.15) is 0 Å². The molecule has 1 spiro atoms. The van der Waals surface area contributed by atoms with Gasteiger partial charge in [0.2, 0.25) is 0 Å². The first-order chi connectivity index (χ1) is 14.5. The third kappa shape index (κ3) is 4.49. The first-order valence-electron chi connectivity index (χ1n) is 11.7. The van der Waals surface area contributed by atoms with Crippen LogP contribution in [0.1, 0.15) is 63.5 Å². The zero-order valence-electron chi connectivity index (χ0n) is 18.6. The van der Waals surface area contributed by atoms with Gasteiger partial charge >= 0.3 is 0 Å². The summed E-state index contributed by atoms with van der Waals surface area (Å²) in [5.41, 5.74) is 1.40. The van der Waals surface area contributed by atoms with Gasteiger partial charge in [-0.05, 0) is 68.5 Å². The Labute approximate surface area is 182 Å². The van der Waals surface area contributed by atoms with E-state index in [1.807, 2.05) is 36.4 Å². The summed E-state index contributed by atoms with van der Waals surface area (Å²) in [6.07, 6.45) is 6.67. The summed E-state index contributed by atoms with van der Waals surface area (Å²) in [5, 5.41) is 11.9. The number of benzene rings is 2. The molecule has 30 heavy (non-hydrogen) atoms. The van der Waals surface area contributed by atoms with Crippen LogP contribution in [-0.2, 0) is 10.3 Å². The molecule has 2 heterocycles. The lowest BCUT2D eigenvalue weighted by molar-refractivity contribution is -0.134. The van der Waals surface area contributed by atoms with Gasteiger partial charge in [-0.15, -0.1) is 0 Å². The molecule has 0 aliphatic carbocycles. The lowest BCUT2D eigenvalue weighted by Gasteiger charge is -2.51. The standard InChI is InChI=1S/C27H37NO2/c1-3-25(2)21-26(17-20-30-25)15-10-18-28(22-26)19-16-27(29,23-11-6-4-7-12-23)24-13-8-5-9-14-24/h4-9,11-14,29H,3,10,15-22H2,1-2H3/t25-,26-/m0/s1. The molecule has 2 aromatic rings. The van der Waals surface area contributed by atoms with Crippen molar-refractivity contribution in [2.75, 3.05) is 26.2 Å². The van der Waals surface area contributed by atoms with E-state index in [4.69, 9.17) is 4.74 Å². The highest BCUT2D eigenvalue weighted by atomic mass is 16.5. The van der Waals surface area contributed by atoms with E-state index < -0.39 is 5.60 Å². The smallest absolute Gasteiger partial charge is 0.116 e. The maximum atomic E-state index is 11.9. The van der Waals surface area contributed by atoms with E-state index in [1.54, 1.807) is 0 Å². The van der Waals surface area contributed by atoms with Crippen molar-refractivity contribution in [2.24, 2.45) is 5.41 Å². The largest absolute Gasteiger partial charge is 0.380 e. The van der Waals surface area contributed by atoms with Gasteiger partial charge in [0, 0.05) is 19.7 Å². The predicted octanol–water partition coefficient (Wildman–Crippen LogP) is 5.37. The average molecular weight is 408 g/mol. The minimum Gasteiger partial charge on any atom is -0.380 e. The molecule has 0 saturated carbocycles. The summed E-state index contributed by atoms with van der Waals surface area (Å²) in [4.78, 5) is 2.60. The molecule has 2 fully saturated rings. The molecule has 0 bridgehead atoms. The zero-order chi connectivity index (χ0) is 21.1. The van der Waals surface area contributed by atoms with Crippen molar-refractivity contribution < 1.29 is 9.84 Å². The maximum Gasteiger partial charge on any atom is 0.116 e. The monoisotopic (exact) mass is 407 g/mol. The van der Waals surface area contributed by atoms with Gasteiger partial charge in [-0.3, -0.25) is 0 Å². The topological polar surface area (TPSA) is 32.7 Å². The molecular weight excluding hydrogens is 370 g/mol. The Hall–Kier alpha value is -1.68. The summed E-state index contributed by atoms with van der Waals surface area (Å²) in [7, 11) is 0. The Bertz CT molecular complexity index is 765. The fraction of sp³-hybridized carbons (Fsp3) is 0.556. The van der Waals surface area contributed by atoms with E-state index in [-0.39, 0.29) is 5.60 Å². The summed E-state index contributed by atoms with van der Waals surface area (Å²) in [6.45, 7) is 8.59. The van der Waals surface area contributed by atoms with Gasteiger partial charge < -0.3 is 14.7 Å². The maximum absolute atomic E-state index is 11.9. The molecule has 0 unspecified atom stereocenters. The van der Waals surface area contributed by atoms with Gasteiger partial charge in [0.1, 0.15) is 5.60 Å². The van der Waals surface area contributed by atoms with Crippen LogP contribution in [0.15, 0.2) is 60.7 Å². The molecule has 2 saturated heterocycles. The van der Waals surface area contributed by atoms with Crippen LogP contribution in [0.5, 0.6) is 0 Å². The summed E-state index contributed by atoms with van der Waals surface area (Å²) < 4.78 is 6.15.